The molecule has 11 heteroatoms. The summed E-state index contributed by atoms with van der Waals surface area (Å²) in [5.74, 6) is -0.822. The number of benzene rings is 1. The van der Waals surface area contributed by atoms with Gasteiger partial charge in [-0.2, -0.15) is 0 Å². The molecule has 1 unspecified atom stereocenters. The number of carboxylic acid groups (broad SMARTS) is 2. The van der Waals surface area contributed by atoms with Gasteiger partial charge in [0.15, 0.2) is 17.2 Å². The number of methoxy groups -OCH3 is 1. The number of carboxylic acids is 2. The van der Waals surface area contributed by atoms with Gasteiger partial charge in [-0.15, -0.1) is 0 Å². The van der Waals surface area contributed by atoms with E-state index in [1.54, 1.807) is 12.1 Å². The van der Waals surface area contributed by atoms with E-state index < -0.39 is 17.2 Å². The Morgan fingerprint density at radius 2 is 2.03 bits per heavy atom. The maximum absolute atomic E-state index is 12.1. The molecule has 1 aromatic carbocycles. The number of hydrogen-bond donors (Lipinski definition) is 2. The summed E-state index contributed by atoms with van der Waals surface area (Å²) in [5, 5.41) is 19.2. The second-order valence-corrected chi connectivity index (χ2v) is 8.49. The van der Waals surface area contributed by atoms with Crippen molar-refractivity contribution in [3.05, 3.63) is 34.2 Å². The summed E-state index contributed by atoms with van der Waals surface area (Å²) in [4.78, 5) is 28.2. The van der Waals surface area contributed by atoms with Crippen molar-refractivity contribution < 1.29 is 34.0 Å². The lowest BCUT2D eigenvalue weighted by Gasteiger charge is -2.13. The molecular weight excluding hydrogens is 448 g/mol. The first-order valence-electron chi connectivity index (χ1n) is 9.64. The molecule has 0 radical (unpaired) electrons. The second-order valence-electron chi connectivity index (χ2n) is 6.89. The molecule has 1 atom stereocenters. The molecule has 1 aliphatic heterocycles. The predicted octanol–water partition coefficient (Wildman–Crippen LogP) is 3.89. The van der Waals surface area contributed by atoms with Crippen LogP contribution in [0.2, 0.25) is 5.02 Å². The van der Waals surface area contributed by atoms with Gasteiger partial charge in [-0.1, -0.05) is 43.1 Å². The second kappa shape index (κ2) is 10.3. The zero-order valence-electron chi connectivity index (χ0n) is 17.1. The van der Waals surface area contributed by atoms with Crippen molar-refractivity contribution in [3.63, 3.8) is 0 Å². The molecule has 1 aliphatic rings. The van der Waals surface area contributed by atoms with Crippen LogP contribution in [0.3, 0.4) is 0 Å². The Bertz CT molecular complexity index is 979. The molecule has 0 saturated carbocycles. The van der Waals surface area contributed by atoms with Gasteiger partial charge in [0.2, 0.25) is 6.79 Å². The van der Waals surface area contributed by atoms with Crippen molar-refractivity contribution in [2.75, 3.05) is 13.9 Å². The smallest absolute Gasteiger partial charge is 0.355 e. The number of fused-ring (bicyclic) bond motifs is 1. The van der Waals surface area contributed by atoms with Crippen LogP contribution in [0.4, 0.5) is 0 Å². The van der Waals surface area contributed by atoms with E-state index in [-0.39, 0.29) is 30.7 Å². The minimum Gasteiger partial charge on any atom is -0.480 e. The van der Waals surface area contributed by atoms with Gasteiger partial charge in [0, 0.05) is 18.2 Å². The first kappa shape index (κ1) is 23.2. The third kappa shape index (κ3) is 5.25. The van der Waals surface area contributed by atoms with Crippen molar-refractivity contribution in [1.82, 2.24) is 9.55 Å². The third-order valence-corrected chi connectivity index (χ3v) is 6.29. The van der Waals surface area contributed by atoms with Crippen LogP contribution in [-0.4, -0.2) is 50.9 Å². The molecule has 0 amide bonds. The van der Waals surface area contributed by atoms with Crippen molar-refractivity contribution in [2.45, 2.75) is 49.6 Å². The summed E-state index contributed by atoms with van der Waals surface area (Å²) in [6.45, 7) is 2.20. The zero-order valence-corrected chi connectivity index (χ0v) is 18.7. The number of hydrogen-bond acceptors (Lipinski definition) is 7. The van der Waals surface area contributed by atoms with Gasteiger partial charge in [0.05, 0.1) is 6.54 Å². The standard InChI is InChI=1S/C20H23ClN2O7S/c1-3-4-5-15(19(24)25)31-18-17(20(26)27)23(16(22-18)9-28-2)8-11-6-13-14(7-12(11)21)30-10-29-13/h6-7,15H,3-5,8-10H2,1-2H3,(H,24,25)(H,26,27). The van der Waals surface area contributed by atoms with Crippen LogP contribution >= 0.6 is 23.4 Å². The van der Waals surface area contributed by atoms with E-state index in [0.29, 0.717) is 40.8 Å². The first-order valence-corrected chi connectivity index (χ1v) is 10.9. The molecule has 0 aliphatic carbocycles. The van der Waals surface area contributed by atoms with Crippen LogP contribution in [-0.2, 0) is 22.7 Å². The number of ether oxygens (including phenoxy) is 3. The monoisotopic (exact) mass is 470 g/mol. The summed E-state index contributed by atoms with van der Waals surface area (Å²) in [6, 6.07) is 3.31. The number of carbonyl (C=O) groups is 2. The zero-order chi connectivity index (χ0) is 22.5. The third-order valence-electron chi connectivity index (χ3n) is 4.71. The van der Waals surface area contributed by atoms with Gasteiger partial charge in [0.1, 0.15) is 22.7 Å². The Balaban J connectivity index is 2.01. The maximum Gasteiger partial charge on any atom is 0.355 e. The number of aromatic nitrogens is 2. The van der Waals surface area contributed by atoms with E-state index in [4.69, 9.17) is 25.8 Å². The van der Waals surface area contributed by atoms with Gasteiger partial charge in [-0.3, -0.25) is 4.79 Å². The fourth-order valence-corrected chi connectivity index (χ4v) is 4.52. The highest BCUT2D eigenvalue weighted by Gasteiger charge is 2.29. The van der Waals surface area contributed by atoms with Gasteiger partial charge >= 0.3 is 11.9 Å². The Kier molecular flexibility index (Phi) is 7.69. The van der Waals surface area contributed by atoms with Gasteiger partial charge in [-0.05, 0) is 18.1 Å². The van der Waals surface area contributed by atoms with E-state index in [1.165, 1.54) is 11.7 Å². The minimum absolute atomic E-state index is 0.0513. The fourth-order valence-electron chi connectivity index (χ4n) is 3.18. The average Bonchev–Trinajstić information content (AvgIpc) is 3.29. The molecule has 2 aromatic rings. The van der Waals surface area contributed by atoms with E-state index in [0.717, 1.165) is 18.2 Å². The van der Waals surface area contributed by atoms with Crippen LogP contribution in [0.25, 0.3) is 0 Å². The van der Waals surface area contributed by atoms with Crippen LogP contribution < -0.4 is 9.47 Å². The predicted molar refractivity (Wildman–Crippen MR) is 113 cm³/mol. The largest absolute Gasteiger partial charge is 0.480 e. The number of aliphatic carboxylic acids is 1. The van der Waals surface area contributed by atoms with E-state index >= 15 is 0 Å². The van der Waals surface area contributed by atoms with Crippen LogP contribution in [0.1, 0.15) is 48.1 Å². The highest BCUT2D eigenvalue weighted by atomic mass is 35.5. The Labute approximate surface area is 188 Å². The number of nitrogens with zero attached hydrogens (tertiary/aromatic N) is 2. The molecular formula is C20H23ClN2O7S. The summed E-state index contributed by atoms with van der Waals surface area (Å²) < 4.78 is 17.4. The van der Waals surface area contributed by atoms with Crippen LogP contribution in [0.15, 0.2) is 17.2 Å². The van der Waals surface area contributed by atoms with Crippen molar-refractivity contribution in [3.8, 4) is 11.5 Å². The van der Waals surface area contributed by atoms with Crippen molar-refractivity contribution in [2.24, 2.45) is 0 Å². The molecule has 31 heavy (non-hydrogen) atoms. The summed E-state index contributed by atoms with van der Waals surface area (Å²) in [6.07, 6.45) is 1.96. The SMILES string of the molecule is CCCCC(Sc1nc(COC)n(Cc2cc3c(cc2Cl)OCO3)c1C(=O)O)C(=O)O. The topological polar surface area (TPSA) is 120 Å². The number of imidazole rings is 1. The first-order chi connectivity index (χ1) is 14.8. The number of halogens is 1. The summed E-state index contributed by atoms with van der Waals surface area (Å²) in [5.41, 5.74) is 0.508. The lowest BCUT2D eigenvalue weighted by atomic mass is 10.2. The molecule has 0 fully saturated rings. The number of thioether (sulfide) groups is 1. The molecule has 2 N–H and O–H groups in total. The van der Waals surface area contributed by atoms with E-state index in [2.05, 4.69) is 4.98 Å². The molecule has 2 heterocycles. The van der Waals surface area contributed by atoms with E-state index in [9.17, 15) is 19.8 Å². The minimum atomic E-state index is -1.21. The molecule has 168 valence electrons. The highest BCUT2D eigenvalue weighted by Crippen LogP contribution is 2.38. The fraction of sp³-hybridized carbons (Fsp3) is 0.450. The maximum atomic E-state index is 12.1. The van der Waals surface area contributed by atoms with Crippen LogP contribution in [0, 0.1) is 0 Å². The quantitative estimate of drug-likeness (QED) is 0.471. The number of rotatable bonds is 11. The Morgan fingerprint density at radius 3 is 2.65 bits per heavy atom. The van der Waals surface area contributed by atoms with Gasteiger partial charge in [0.25, 0.3) is 0 Å². The number of aromatic carboxylic acids is 1. The molecule has 3 rings (SSSR count). The van der Waals surface area contributed by atoms with Crippen LogP contribution in [0.5, 0.6) is 11.5 Å². The molecule has 0 bridgehead atoms. The van der Waals surface area contributed by atoms with Gasteiger partial charge < -0.3 is 29.0 Å². The normalized spacial score (nSPS) is 13.4. The van der Waals surface area contributed by atoms with Gasteiger partial charge in [-0.25, -0.2) is 9.78 Å². The lowest BCUT2D eigenvalue weighted by molar-refractivity contribution is -0.136. The van der Waals surface area contributed by atoms with E-state index in [1.807, 2.05) is 6.92 Å². The van der Waals surface area contributed by atoms with Crippen molar-refractivity contribution >= 4 is 35.3 Å². The lowest BCUT2D eigenvalue weighted by Crippen LogP contribution is -2.17. The summed E-state index contributed by atoms with van der Waals surface area (Å²) >= 11 is 7.32. The van der Waals surface area contributed by atoms with Crippen molar-refractivity contribution in [1.29, 1.82) is 0 Å². The average molecular weight is 471 g/mol. The summed E-state index contributed by atoms with van der Waals surface area (Å²) in [7, 11) is 1.47. The highest BCUT2D eigenvalue weighted by molar-refractivity contribution is 8.00. The molecule has 0 saturated heterocycles. The Morgan fingerprint density at radius 1 is 1.32 bits per heavy atom. The Hall–Kier alpha value is -2.43. The number of unbranched alkanes of at least 4 members (excludes halogenated alkanes) is 1. The molecule has 1 aromatic heterocycles. The molecule has 0 spiro atoms. The molecule has 9 nitrogen and oxygen atoms in total.